The van der Waals surface area contributed by atoms with E-state index in [-0.39, 0.29) is 6.54 Å². The Morgan fingerprint density at radius 2 is 2.08 bits per heavy atom. The maximum Gasteiger partial charge on any atom is 0.410 e. The molecule has 2 heterocycles. The maximum atomic E-state index is 13.4. The Kier molecular flexibility index (Phi) is 4.36. The van der Waals surface area contributed by atoms with E-state index in [1.54, 1.807) is 13.8 Å². The van der Waals surface area contributed by atoms with Crippen molar-refractivity contribution in [1.82, 2.24) is 14.9 Å². The number of cyclic esters (lactones) is 1. The van der Waals surface area contributed by atoms with Gasteiger partial charge in [0.25, 0.3) is 6.43 Å². The number of halogens is 3. The highest BCUT2D eigenvalue weighted by Gasteiger charge is 2.37. The molecule has 5 nitrogen and oxygen atoms in total. The minimum absolute atomic E-state index is 0.187. The zero-order valence-corrected chi connectivity index (χ0v) is 13.7. The maximum absolute atomic E-state index is 13.4. The predicted molar refractivity (Wildman–Crippen MR) is 83.4 cm³/mol. The fourth-order valence-corrected chi connectivity index (χ4v) is 2.67. The lowest BCUT2D eigenvalue weighted by atomic mass is 10.1. The van der Waals surface area contributed by atoms with E-state index in [0.29, 0.717) is 23.5 Å². The van der Waals surface area contributed by atoms with Gasteiger partial charge in [-0.25, -0.2) is 22.9 Å². The molecule has 0 radical (unpaired) electrons. The van der Waals surface area contributed by atoms with Crippen molar-refractivity contribution >= 4 is 6.09 Å². The van der Waals surface area contributed by atoms with Gasteiger partial charge in [-0.1, -0.05) is 0 Å². The van der Waals surface area contributed by atoms with Gasteiger partial charge in [0.2, 0.25) is 0 Å². The summed E-state index contributed by atoms with van der Waals surface area (Å²) in [4.78, 5) is 21.7. The van der Waals surface area contributed by atoms with Crippen molar-refractivity contribution in [3.05, 3.63) is 47.7 Å². The van der Waals surface area contributed by atoms with Gasteiger partial charge in [0.15, 0.2) is 0 Å². The highest BCUT2D eigenvalue weighted by molar-refractivity contribution is 5.70. The number of alkyl halides is 2. The smallest absolute Gasteiger partial charge is 0.410 e. The van der Waals surface area contributed by atoms with Gasteiger partial charge in [0.1, 0.15) is 11.4 Å². The molecule has 8 heteroatoms. The monoisotopic (exact) mass is 351 g/mol. The third-order valence-corrected chi connectivity index (χ3v) is 3.76. The Hall–Kier alpha value is -2.64. The van der Waals surface area contributed by atoms with Crippen LogP contribution in [0.15, 0.2) is 30.6 Å². The summed E-state index contributed by atoms with van der Waals surface area (Å²) in [6, 6.07) is 3.40. The van der Waals surface area contributed by atoms with Crippen LogP contribution in [0.5, 0.6) is 0 Å². The second kappa shape index (κ2) is 6.34. The van der Waals surface area contributed by atoms with Crippen molar-refractivity contribution in [2.45, 2.75) is 32.4 Å². The van der Waals surface area contributed by atoms with E-state index in [2.05, 4.69) is 9.97 Å². The Labute approximate surface area is 142 Å². The molecule has 0 atom stereocenters. The fraction of sp³-hybridized carbons (Fsp3) is 0.353. The Morgan fingerprint density at radius 1 is 1.32 bits per heavy atom. The number of hydrogen-bond acceptors (Lipinski definition) is 4. The molecule has 25 heavy (non-hydrogen) atoms. The molecule has 1 amide bonds. The SMILES string of the molecule is CC1(C)CN(Cc2cncc(-c3ccc(F)c(C(F)F)c3)n2)C(=O)O1. The molecule has 1 fully saturated rings. The zero-order valence-electron chi connectivity index (χ0n) is 13.7. The summed E-state index contributed by atoms with van der Waals surface area (Å²) in [5.74, 6) is -0.968. The number of rotatable bonds is 4. The first-order chi connectivity index (χ1) is 11.7. The summed E-state index contributed by atoms with van der Waals surface area (Å²) in [5, 5.41) is 0. The van der Waals surface area contributed by atoms with Gasteiger partial charge in [0, 0.05) is 5.56 Å². The van der Waals surface area contributed by atoms with Gasteiger partial charge < -0.3 is 4.74 Å². The summed E-state index contributed by atoms with van der Waals surface area (Å²) < 4.78 is 44.4. The molecule has 1 aromatic carbocycles. The van der Waals surface area contributed by atoms with Crippen LogP contribution in [0.1, 0.15) is 31.5 Å². The second-order valence-corrected chi connectivity index (χ2v) is 6.42. The number of nitrogens with zero attached hydrogens (tertiary/aromatic N) is 3. The van der Waals surface area contributed by atoms with Gasteiger partial charge in [-0.3, -0.25) is 9.88 Å². The third-order valence-electron chi connectivity index (χ3n) is 3.76. The lowest BCUT2D eigenvalue weighted by molar-refractivity contribution is 0.0858. The van der Waals surface area contributed by atoms with E-state index in [1.807, 2.05) is 0 Å². The van der Waals surface area contributed by atoms with E-state index < -0.39 is 29.5 Å². The van der Waals surface area contributed by atoms with Crippen LogP contribution < -0.4 is 0 Å². The van der Waals surface area contributed by atoms with Crippen molar-refractivity contribution in [1.29, 1.82) is 0 Å². The van der Waals surface area contributed by atoms with Gasteiger partial charge >= 0.3 is 6.09 Å². The lowest BCUT2D eigenvalue weighted by Gasteiger charge is -2.15. The van der Waals surface area contributed by atoms with Crippen molar-refractivity contribution in [3.63, 3.8) is 0 Å². The topological polar surface area (TPSA) is 55.3 Å². The van der Waals surface area contributed by atoms with Crippen LogP contribution in [-0.2, 0) is 11.3 Å². The quantitative estimate of drug-likeness (QED) is 0.837. The number of benzene rings is 1. The number of carbonyl (C=O) groups excluding carboxylic acids is 1. The fourth-order valence-electron chi connectivity index (χ4n) is 2.67. The van der Waals surface area contributed by atoms with Crippen LogP contribution in [0, 0.1) is 5.82 Å². The van der Waals surface area contributed by atoms with E-state index in [1.165, 1.54) is 23.4 Å². The average Bonchev–Trinajstić information content (AvgIpc) is 2.79. The number of ether oxygens (including phenoxy) is 1. The molecule has 0 N–H and O–H groups in total. The Bertz CT molecular complexity index is 811. The predicted octanol–water partition coefficient (Wildman–Crippen LogP) is 3.95. The standard InChI is InChI=1S/C17H16F3N3O2/c1-17(2)9-23(16(24)25-17)8-11-6-21-7-14(22-11)10-3-4-13(18)12(5-10)15(19)20/h3-7,15H,8-9H2,1-2H3. The van der Waals surface area contributed by atoms with Crippen molar-refractivity contribution in [2.75, 3.05) is 6.54 Å². The van der Waals surface area contributed by atoms with Gasteiger partial charge in [-0.15, -0.1) is 0 Å². The van der Waals surface area contributed by atoms with E-state index in [0.717, 1.165) is 12.1 Å². The van der Waals surface area contributed by atoms with E-state index in [9.17, 15) is 18.0 Å². The molecule has 0 saturated carbocycles. The van der Waals surface area contributed by atoms with Crippen molar-refractivity contribution in [3.8, 4) is 11.3 Å². The molecule has 1 aliphatic heterocycles. The Morgan fingerprint density at radius 3 is 2.72 bits per heavy atom. The first kappa shape index (κ1) is 17.2. The first-order valence-corrected chi connectivity index (χ1v) is 7.62. The molecular weight excluding hydrogens is 335 g/mol. The Balaban J connectivity index is 1.85. The van der Waals surface area contributed by atoms with Crippen LogP contribution in [0.3, 0.4) is 0 Å². The normalized spacial score (nSPS) is 16.4. The molecule has 2 aromatic rings. The zero-order chi connectivity index (χ0) is 18.2. The molecule has 1 saturated heterocycles. The molecule has 0 bridgehead atoms. The summed E-state index contributed by atoms with van der Waals surface area (Å²) >= 11 is 0. The highest BCUT2D eigenvalue weighted by Crippen LogP contribution is 2.28. The lowest BCUT2D eigenvalue weighted by Crippen LogP contribution is -2.28. The first-order valence-electron chi connectivity index (χ1n) is 7.62. The van der Waals surface area contributed by atoms with Crippen LogP contribution >= 0.6 is 0 Å². The number of amides is 1. The molecule has 0 unspecified atom stereocenters. The van der Waals surface area contributed by atoms with Crippen LogP contribution in [0.25, 0.3) is 11.3 Å². The van der Waals surface area contributed by atoms with Gasteiger partial charge in [-0.2, -0.15) is 0 Å². The average molecular weight is 351 g/mol. The van der Waals surface area contributed by atoms with Crippen LogP contribution in [0.4, 0.5) is 18.0 Å². The molecule has 1 aliphatic rings. The summed E-state index contributed by atoms with van der Waals surface area (Å²) in [6.45, 7) is 4.20. The van der Waals surface area contributed by atoms with Crippen molar-refractivity contribution < 1.29 is 22.7 Å². The van der Waals surface area contributed by atoms with Crippen LogP contribution in [0.2, 0.25) is 0 Å². The molecule has 0 spiro atoms. The highest BCUT2D eigenvalue weighted by atomic mass is 19.3. The number of aromatic nitrogens is 2. The minimum Gasteiger partial charge on any atom is -0.441 e. The second-order valence-electron chi connectivity index (χ2n) is 6.42. The molecular formula is C17H16F3N3O2. The van der Waals surface area contributed by atoms with E-state index >= 15 is 0 Å². The molecule has 132 valence electrons. The number of hydrogen-bond donors (Lipinski definition) is 0. The van der Waals surface area contributed by atoms with E-state index in [4.69, 9.17) is 4.74 Å². The summed E-state index contributed by atoms with van der Waals surface area (Å²) in [7, 11) is 0. The van der Waals surface area contributed by atoms with Crippen molar-refractivity contribution in [2.24, 2.45) is 0 Å². The largest absolute Gasteiger partial charge is 0.441 e. The number of carbonyl (C=O) groups is 1. The summed E-state index contributed by atoms with van der Waals surface area (Å²) in [6.07, 6.45) is -0.477. The molecule has 3 rings (SSSR count). The van der Waals surface area contributed by atoms with Crippen LogP contribution in [-0.4, -0.2) is 33.1 Å². The summed E-state index contributed by atoms with van der Waals surface area (Å²) in [5.41, 5.74) is -0.128. The minimum atomic E-state index is -2.92. The molecule has 1 aromatic heterocycles. The van der Waals surface area contributed by atoms with Gasteiger partial charge in [0.05, 0.1) is 42.4 Å². The third kappa shape index (κ3) is 3.72. The van der Waals surface area contributed by atoms with Gasteiger partial charge in [-0.05, 0) is 32.0 Å². The molecule has 0 aliphatic carbocycles.